The number of ether oxygens (including phenoxy) is 2. The standard InChI is InChI=1S/C25H48O4/c1-6-10-17-22(8-3)24(26)28-19-15-13-12-14-16-21(5)20-29-25(27)23(9-4)18-11-7-2/h21-23H,6-20H2,1-5H3. The van der Waals surface area contributed by atoms with Gasteiger partial charge in [-0.3, -0.25) is 9.59 Å². The van der Waals surface area contributed by atoms with Crippen molar-refractivity contribution >= 4 is 11.9 Å². The highest BCUT2D eigenvalue weighted by molar-refractivity contribution is 5.72. The van der Waals surface area contributed by atoms with Crippen LogP contribution in [0.4, 0.5) is 0 Å². The summed E-state index contributed by atoms with van der Waals surface area (Å²) in [5.41, 5.74) is 0. The van der Waals surface area contributed by atoms with Crippen LogP contribution in [0.3, 0.4) is 0 Å². The van der Waals surface area contributed by atoms with E-state index in [1.807, 2.05) is 0 Å². The molecule has 0 rings (SSSR count). The Morgan fingerprint density at radius 3 is 1.69 bits per heavy atom. The van der Waals surface area contributed by atoms with Gasteiger partial charge < -0.3 is 9.47 Å². The molecule has 0 amide bonds. The summed E-state index contributed by atoms with van der Waals surface area (Å²) in [6, 6.07) is 0. The molecule has 0 aromatic rings. The van der Waals surface area contributed by atoms with Crippen LogP contribution in [0.2, 0.25) is 0 Å². The smallest absolute Gasteiger partial charge is 0.308 e. The summed E-state index contributed by atoms with van der Waals surface area (Å²) in [5, 5.41) is 0. The zero-order valence-electron chi connectivity index (χ0n) is 20.0. The average molecular weight is 413 g/mol. The Hall–Kier alpha value is -1.06. The molecule has 172 valence electrons. The zero-order valence-corrected chi connectivity index (χ0v) is 20.0. The molecule has 0 spiro atoms. The van der Waals surface area contributed by atoms with E-state index in [0.717, 1.165) is 83.5 Å². The number of carbonyl (C=O) groups excluding carboxylic acids is 2. The topological polar surface area (TPSA) is 52.6 Å². The van der Waals surface area contributed by atoms with Crippen molar-refractivity contribution in [2.45, 2.75) is 118 Å². The first kappa shape index (κ1) is 27.9. The van der Waals surface area contributed by atoms with Crippen LogP contribution in [0, 0.1) is 17.8 Å². The fourth-order valence-corrected chi connectivity index (χ4v) is 3.54. The second kappa shape index (κ2) is 18.9. The van der Waals surface area contributed by atoms with Crippen LogP contribution in [0.15, 0.2) is 0 Å². The van der Waals surface area contributed by atoms with Gasteiger partial charge in [0.15, 0.2) is 0 Å². The lowest BCUT2D eigenvalue weighted by molar-refractivity contribution is -0.150. The van der Waals surface area contributed by atoms with E-state index < -0.39 is 0 Å². The van der Waals surface area contributed by atoms with E-state index in [9.17, 15) is 9.59 Å². The average Bonchev–Trinajstić information content (AvgIpc) is 2.72. The number of esters is 2. The second-order valence-electron chi connectivity index (χ2n) is 8.60. The van der Waals surface area contributed by atoms with E-state index in [-0.39, 0.29) is 23.8 Å². The summed E-state index contributed by atoms with van der Waals surface area (Å²) in [5.74, 6) is 0.524. The number of hydrogen-bond acceptors (Lipinski definition) is 4. The van der Waals surface area contributed by atoms with Crippen LogP contribution in [0.5, 0.6) is 0 Å². The first-order chi connectivity index (χ1) is 14.0. The molecule has 0 aromatic carbocycles. The monoisotopic (exact) mass is 412 g/mol. The highest BCUT2D eigenvalue weighted by Crippen LogP contribution is 2.17. The highest BCUT2D eigenvalue weighted by Gasteiger charge is 2.18. The van der Waals surface area contributed by atoms with Crippen LogP contribution in [-0.2, 0) is 19.1 Å². The van der Waals surface area contributed by atoms with Crippen molar-refractivity contribution in [2.75, 3.05) is 13.2 Å². The van der Waals surface area contributed by atoms with Gasteiger partial charge >= 0.3 is 11.9 Å². The Kier molecular flexibility index (Phi) is 18.2. The van der Waals surface area contributed by atoms with E-state index in [1.54, 1.807) is 0 Å². The first-order valence-electron chi connectivity index (χ1n) is 12.3. The fourth-order valence-electron chi connectivity index (χ4n) is 3.54. The minimum Gasteiger partial charge on any atom is -0.465 e. The molecular formula is C25H48O4. The largest absolute Gasteiger partial charge is 0.465 e. The first-order valence-corrected chi connectivity index (χ1v) is 12.3. The van der Waals surface area contributed by atoms with Crippen molar-refractivity contribution in [3.8, 4) is 0 Å². The van der Waals surface area contributed by atoms with Crippen LogP contribution < -0.4 is 0 Å². The summed E-state index contributed by atoms with van der Waals surface area (Å²) in [7, 11) is 0. The number of rotatable bonds is 19. The molecule has 0 aliphatic rings. The lowest BCUT2D eigenvalue weighted by atomic mass is 9.99. The Labute approximate surface area is 180 Å². The Balaban J connectivity index is 3.74. The molecule has 29 heavy (non-hydrogen) atoms. The minimum atomic E-state index is -0.0149. The maximum absolute atomic E-state index is 12.2. The second-order valence-corrected chi connectivity index (χ2v) is 8.60. The Morgan fingerprint density at radius 2 is 1.17 bits per heavy atom. The molecule has 0 heterocycles. The molecule has 0 aromatic heterocycles. The molecule has 0 bridgehead atoms. The van der Waals surface area contributed by atoms with Gasteiger partial charge in [0, 0.05) is 0 Å². The lowest BCUT2D eigenvalue weighted by Gasteiger charge is -2.16. The van der Waals surface area contributed by atoms with E-state index in [2.05, 4.69) is 34.6 Å². The Morgan fingerprint density at radius 1 is 0.655 bits per heavy atom. The van der Waals surface area contributed by atoms with Gasteiger partial charge in [-0.05, 0) is 44.4 Å². The van der Waals surface area contributed by atoms with Crippen molar-refractivity contribution in [1.82, 2.24) is 0 Å². The maximum atomic E-state index is 12.2. The maximum Gasteiger partial charge on any atom is 0.308 e. The van der Waals surface area contributed by atoms with Gasteiger partial charge in [0.2, 0.25) is 0 Å². The molecule has 4 nitrogen and oxygen atoms in total. The van der Waals surface area contributed by atoms with Gasteiger partial charge in [0.25, 0.3) is 0 Å². The SMILES string of the molecule is CCCCC(CC)C(=O)OCCCCCCC(C)COC(=O)C(CC)CCCC. The predicted molar refractivity (Wildman–Crippen MR) is 121 cm³/mol. The van der Waals surface area contributed by atoms with Gasteiger partial charge in [0.1, 0.15) is 0 Å². The summed E-state index contributed by atoms with van der Waals surface area (Å²) < 4.78 is 11.0. The van der Waals surface area contributed by atoms with Crippen molar-refractivity contribution in [1.29, 1.82) is 0 Å². The van der Waals surface area contributed by atoms with Crippen molar-refractivity contribution in [3.05, 3.63) is 0 Å². The molecule has 0 aliphatic heterocycles. The molecule has 0 saturated heterocycles. The molecule has 0 radical (unpaired) electrons. The van der Waals surface area contributed by atoms with E-state index in [0.29, 0.717) is 19.1 Å². The van der Waals surface area contributed by atoms with Gasteiger partial charge in [-0.1, -0.05) is 79.6 Å². The number of carbonyl (C=O) groups is 2. The molecule has 3 unspecified atom stereocenters. The zero-order chi connectivity index (χ0) is 21.9. The van der Waals surface area contributed by atoms with Crippen molar-refractivity contribution < 1.29 is 19.1 Å². The van der Waals surface area contributed by atoms with Crippen LogP contribution in [-0.4, -0.2) is 25.2 Å². The van der Waals surface area contributed by atoms with E-state index in [4.69, 9.17) is 9.47 Å². The van der Waals surface area contributed by atoms with Crippen LogP contribution >= 0.6 is 0 Å². The van der Waals surface area contributed by atoms with Crippen LogP contribution in [0.25, 0.3) is 0 Å². The highest BCUT2D eigenvalue weighted by atomic mass is 16.5. The summed E-state index contributed by atoms with van der Waals surface area (Å²) >= 11 is 0. The molecular weight excluding hydrogens is 364 g/mol. The summed E-state index contributed by atoms with van der Waals surface area (Å²) in [6.07, 6.45) is 13.4. The molecule has 0 fully saturated rings. The van der Waals surface area contributed by atoms with Gasteiger partial charge in [-0.2, -0.15) is 0 Å². The molecule has 0 aliphatic carbocycles. The summed E-state index contributed by atoms with van der Waals surface area (Å²) in [6.45, 7) is 11.7. The molecule has 0 N–H and O–H groups in total. The van der Waals surface area contributed by atoms with Gasteiger partial charge in [-0.25, -0.2) is 0 Å². The third kappa shape index (κ3) is 14.5. The predicted octanol–water partition coefficient (Wildman–Crippen LogP) is 7.09. The lowest BCUT2D eigenvalue weighted by Crippen LogP contribution is -2.20. The molecule has 0 saturated carbocycles. The molecule has 4 heteroatoms. The summed E-state index contributed by atoms with van der Waals surface area (Å²) in [4.78, 5) is 24.2. The van der Waals surface area contributed by atoms with Crippen molar-refractivity contribution in [3.63, 3.8) is 0 Å². The minimum absolute atomic E-state index is 0.0132. The van der Waals surface area contributed by atoms with Gasteiger partial charge in [0.05, 0.1) is 25.0 Å². The van der Waals surface area contributed by atoms with E-state index in [1.165, 1.54) is 0 Å². The Bertz CT molecular complexity index is 408. The van der Waals surface area contributed by atoms with Gasteiger partial charge in [-0.15, -0.1) is 0 Å². The van der Waals surface area contributed by atoms with Crippen LogP contribution in [0.1, 0.15) is 118 Å². The third-order valence-electron chi connectivity index (χ3n) is 5.81. The quantitative estimate of drug-likeness (QED) is 0.168. The number of unbranched alkanes of at least 4 members (excludes halogenated alkanes) is 5. The fraction of sp³-hybridized carbons (Fsp3) is 0.920. The van der Waals surface area contributed by atoms with E-state index >= 15 is 0 Å². The molecule has 3 atom stereocenters. The number of hydrogen-bond donors (Lipinski definition) is 0. The normalized spacial score (nSPS) is 14.2. The van der Waals surface area contributed by atoms with Crippen molar-refractivity contribution in [2.24, 2.45) is 17.8 Å². The third-order valence-corrected chi connectivity index (χ3v) is 5.81.